The Kier molecular flexibility index (Phi) is 11.7. The van der Waals surface area contributed by atoms with E-state index in [9.17, 15) is 24.6 Å². The van der Waals surface area contributed by atoms with Crippen molar-refractivity contribution < 1.29 is 29.3 Å². The molecule has 0 bridgehead atoms. The Balaban J connectivity index is 2.12. The van der Waals surface area contributed by atoms with Crippen molar-refractivity contribution in [1.29, 1.82) is 0 Å². The maximum Gasteiger partial charge on any atom is 0.408 e. The van der Waals surface area contributed by atoms with Gasteiger partial charge in [-0.1, -0.05) is 55.3 Å². The van der Waals surface area contributed by atoms with E-state index in [0.29, 0.717) is 33.8 Å². The third-order valence-electron chi connectivity index (χ3n) is 6.97. The number of hydrogen-bond donors (Lipinski definition) is 4. The number of alkyl carbamates (subject to hydrolysis) is 1. The molecule has 2 unspecified atom stereocenters. The number of hydrogen-bond acceptors (Lipinski definition) is 6. The van der Waals surface area contributed by atoms with E-state index in [1.165, 1.54) is 23.1 Å². The molecule has 0 fully saturated rings. The molecule has 3 amide bonds. The predicted molar refractivity (Wildman–Crippen MR) is 172 cm³/mol. The standard InChI is InChI=1S/C34H42ClN3O6/c1-7-8-18-38(32(42)27(36-33(43)44-34(4,5)6)20-23-12-15-25(39)16-13-23)30(24-14-17-28(40)22(3)19-24)31(41)37-29-21(2)10-9-11-26(29)35/h9-17,19,27,30,39-40H,7-8,18,20H2,1-6H3,(H,36,43)(H,37,41). The van der Waals surface area contributed by atoms with Crippen molar-refractivity contribution >= 4 is 35.2 Å². The first-order valence-corrected chi connectivity index (χ1v) is 15.0. The maximum absolute atomic E-state index is 14.5. The molecule has 44 heavy (non-hydrogen) atoms. The summed E-state index contributed by atoms with van der Waals surface area (Å²) in [6, 6.07) is 14.1. The molecular formula is C34H42ClN3O6. The van der Waals surface area contributed by atoms with Gasteiger partial charge in [0.2, 0.25) is 5.91 Å². The minimum Gasteiger partial charge on any atom is -0.508 e. The highest BCUT2D eigenvalue weighted by molar-refractivity contribution is 6.34. The lowest BCUT2D eigenvalue weighted by Gasteiger charge is -2.35. The van der Waals surface area contributed by atoms with E-state index in [1.54, 1.807) is 64.1 Å². The Bertz CT molecular complexity index is 1450. The molecule has 2 atom stereocenters. The van der Waals surface area contributed by atoms with Gasteiger partial charge in [-0.15, -0.1) is 0 Å². The molecule has 3 rings (SSSR count). The van der Waals surface area contributed by atoms with Crippen molar-refractivity contribution in [2.24, 2.45) is 0 Å². The average Bonchev–Trinajstić information content (AvgIpc) is 2.94. The number of anilines is 1. The molecule has 0 radical (unpaired) electrons. The molecule has 236 valence electrons. The monoisotopic (exact) mass is 623 g/mol. The Hall–Kier alpha value is -4.24. The molecule has 0 saturated heterocycles. The van der Waals surface area contributed by atoms with Crippen LogP contribution in [0.3, 0.4) is 0 Å². The first-order valence-electron chi connectivity index (χ1n) is 14.6. The van der Waals surface area contributed by atoms with Crippen LogP contribution in [0.4, 0.5) is 10.5 Å². The lowest BCUT2D eigenvalue weighted by Crippen LogP contribution is -2.53. The van der Waals surface area contributed by atoms with Crippen LogP contribution in [0.1, 0.15) is 68.8 Å². The minimum atomic E-state index is -1.13. The number of phenols is 2. The fraction of sp³-hybridized carbons (Fsp3) is 0.382. The van der Waals surface area contributed by atoms with Crippen LogP contribution in [0.5, 0.6) is 11.5 Å². The molecule has 4 N–H and O–H groups in total. The molecule has 9 nitrogen and oxygen atoms in total. The van der Waals surface area contributed by atoms with Gasteiger partial charge >= 0.3 is 6.09 Å². The van der Waals surface area contributed by atoms with Crippen molar-refractivity contribution in [2.45, 2.75) is 78.5 Å². The summed E-state index contributed by atoms with van der Waals surface area (Å²) in [7, 11) is 0. The van der Waals surface area contributed by atoms with Crippen LogP contribution in [-0.2, 0) is 20.7 Å². The Morgan fingerprint density at radius 3 is 2.25 bits per heavy atom. The molecule has 10 heteroatoms. The SMILES string of the molecule is CCCCN(C(=O)C(Cc1ccc(O)cc1)NC(=O)OC(C)(C)C)C(C(=O)Nc1c(C)cccc1Cl)c1ccc(O)c(C)c1. The number of carbonyl (C=O) groups is 3. The number of rotatable bonds is 11. The average molecular weight is 624 g/mol. The highest BCUT2D eigenvalue weighted by Gasteiger charge is 2.37. The van der Waals surface area contributed by atoms with Crippen molar-refractivity contribution in [3.05, 3.63) is 87.9 Å². The highest BCUT2D eigenvalue weighted by atomic mass is 35.5. The van der Waals surface area contributed by atoms with Gasteiger partial charge in [0.1, 0.15) is 29.2 Å². The Morgan fingerprint density at radius 2 is 1.66 bits per heavy atom. The van der Waals surface area contributed by atoms with Crippen LogP contribution in [0.2, 0.25) is 5.02 Å². The van der Waals surface area contributed by atoms with Gasteiger partial charge in [0.15, 0.2) is 0 Å². The van der Waals surface area contributed by atoms with E-state index in [1.807, 2.05) is 19.9 Å². The van der Waals surface area contributed by atoms with Gasteiger partial charge in [-0.3, -0.25) is 9.59 Å². The van der Waals surface area contributed by atoms with Gasteiger partial charge in [-0.25, -0.2) is 4.79 Å². The van der Waals surface area contributed by atoms with E-state index >= 15 is 0 Å². The van der Waals surface area contributed by atoms with Crippen LogP contribution in [0.25, 0.3) is 0 Å². The second-order valence-electron chi connectivity index (χ2n) is 11.8. The number of halogens is 1. The molecular weight excluding hydrogens is 582 g/mol. The van der Waals surface area contributed by atoms with E-state index in [4.69, 9.17) is 16.3 Å². The summed E-state index contributed by atoms with van der Waals surface area (Å²) in [4.78, 5) is 43.1. The molecule has 0 aliphatic heterocycles. The predicted octanol–water partition coefficient (Wildman–Crippen LogP) is 6.81. The van der Waals surface area contributed by atoms with Crippen molar-refractivity contribution in [1.82, 2.24) is 10.2 Å². The van der Waals surface area contributed by atoms with E-state index in [2.05, 4.69) is 10.6 Å². The fourth-order valence-corrected chi connectivity index (χ4v) is 4.99. The summed E-state index contributed by atoms with van der Waals surface area (Å²) < 4.78 is 5.48. The van der Waals surface area contributed by atoms with Gasteiger partial charge in [-0.2, -0.15) is 0 Å². The number of carbonyl (C=O) groups excluding carboxylic acids is 3. The van der Waals surface area contributed by atoms with Crippen LogP contribution >= 0.6 is 11.6 Å². The quantitative estimate of drug-likeness (QED) is 0.186. The summed E-state index contributed by atoms with van der Waals surface area (Å²) in [5, 5.41) is 26.0. The summed E-state index contributed by atoms with van der Waals surface area (Å²) in [6.07, 6.45) is 0.612. The second-order valence-corrected chi connectivity index (χ2v) is 12.2. The van der Waals surface area contributed by atoms with Crippen LogP contribution < -0.4 is 10.6 Å². The number of amides is 3. The molecule has 0 heterocycles. The molecule has 0 spiro atoms. The maximum atomic E-state index is 14.5. The molecule has 0 aromatic heterocycles. The Labute approximate surface area is 264 Å². The van der Waals surface area contributed by atoms with E-state index in [0.717, 1.165) is 12.0 Å². The van der Waals surface area contributed by atoms with Crippen LogP contribution in [0.15, 0.2) is 60.7 Å². The highest BCUT2D eigenvalue weighted by Crippen LogP contribution is 2.31. The number of nitrogens with one attached hydrogen (secondary N) is 2. The number of ether oxygens (including phenoxy) is 1. The second kappa shape index (κ2) is 15.0. The lowest BCUT2D eigenvalue weighted by atomic mass is 9.98. The summed E-state index contributed by atoms with van der Waals surface area (Å²) in [5.41, 5.74) is 2.06. The van der Waals surface area contributed by atoms with Gasteiger partial charge < -0.3 is 30.5 Å². The molecule has 0 saturated carbocycles. The van der Waals surface area contributed by atoms with Crippen LogP contribution in [0, 0.1) is 13.8 Å². The zero-order valence-electron chi connectivity index (χ0n) is 26.1. The number of para-hydroxylation sites is 1. The zero-order valence-corrected chi connectivity index (χ0v) is 26.9. The number of benzene rings is 3. The number of aromatic hydroxyl groups is 2. The first-order chi connectivity index (χ1) is 20.7. The summed E-state index contributed by atoms with van der Waals surface area (Å²) in [5.74, 6) is -0.885. The number of phenolic OH excluding ortho intramolecular Hbond substituents is 2. The number of aryl methyl sites for hydroxylation is 2. The third-order valence-corrected chi connectivity index (χ3v) is 7.28. The zero-order chi connectivity index (χ0) is 32.6. The smallest absolute Gasteiger partial charge is 0.408 e. The molecule has 3 aromatic rings. The third kappa shape index (κ3) is 9.38. The topological polar surface area (TPSA) is 128 Å². The molecule has 0 aliphatic rings. The lowest BCUT2D eigenvalue weighted by molar-refractivity contribution is -0.140. The van der Waals surface area contributed by atoms with Crippen molar-refractivity contribution in [3.8, 4) is 11.5 Å². The first kappa shape index (κ1) is 34.3. The van der Waals surface area contributed by atoms with E-state index < -0.39 is 35.6 Å². The van der Waals surface area contributed by atoms with Crippen molar-refractivity contribution in [2.75, 3.05) is 11.9 Å². The van der Waals surface area contributed by atoms with Crippen LogP contribution in [-0.4, -0.2) is 51.2 Å². The van der Waals surface area contributed by atoms with E-state index in [-0.39, 0.29) is 24.5 Å². The number of unbranched alkanes of at least 4 members (excludes halogenated alkanes) is 1. The molecule has 3 aromatic carbocycles. The summed E-state index contributed by atoms with van der Waals surface area (Å²) >= 11 is 6.45. The fourth-order valence-electron chi connectivity index (χ4n) is 4.72. The van der Waals surface area contributed by atoms with Gasteiger partial charge in [0.05, 0.1) is 10.7 Å². The van der Waals surface area contributed by atoms with Gasteiger partial charge in [0, 0.05) is 13.0 Å². The summed E-state index contributed by atoms with van der Waals surface area (Å²) in [6.45, 7) is 10.9. The minimum absolute atomic E-state index is 0.0538. The van der Waals surface area contributed by atoms with Crippen molar-refractivity contribution in [3.63, 3.8) is 0 Å². The van der Waals surface area contributed by atoms with Gasteiger partial charge in [-0.05, 0) is 93.6 Å². The Morgan fingerprint density at radius 1 is 0.977 bits per heavy atom. The van der Waals surface area contributed by atoms with Gasteiger partial charge in [0.25, 0.3) is 5.91 Å². The largest absolute Gasteiger partial charge is 0.508 e. The normalized spacial score (nSPS) is 12.6. The molecule has 0 aliphatic carbocycles. The number of nitrogens with zero attached hydrogens (tertiary/aromatic N) is 1.